The minimum Gasteiger partial charge on any atom is -0.461 e. The fourth-order valence-electron chi connectivity index (χ4n) is 7.02. The lowest BCUT2D eigenvalue weighted by atomic mass is 9.83. The van der Waals surface area contributed by atoms with E-state index in [0.29, 0.717) is 50.9 Å². The summed E-state index contributed by atoms with van der Waals surface area (Å²) in [5.74, 6) is -1.71. The smallest absolute Gasteiger partial charge is 0.337 e. The largest absolute Gasteiger partial charge is 0.461 e. The van der Waals surface area contributed by atoms with E-state index in [0.717, 1.165) is 57.8 Å². The summed E-state index contributed by atoms with van der Waals surface area (Å²) >= 11 is 1.42. The first-order valence-corrected chi connectivity index (χ1v) is 18.3. The summed E-state index contributed by atoms with van der Waals surface area (Å²) in [5.41, 5.74) is 2.39. The molecule has 1 aromatic rings. The highest BCUT2D eigenvalue weighted by molar-refractivity contribution is 7.07. The normalized spacial score (nSPS) is 20.1. The number of amides is 3. The second-order valence-electron chi connectivity index (χ2n) is 13.6. The molecule has 0 aromatic carbocycles. The Morgan fingerprint density at radius 2 is 1.70 bits per heavy atom. The average Bonchev–Trinajstić information content (AvgIpc) is 3.57. The quantitative estimate of drug-likeness (QED) is 0.271. The summed E-state index contributed by atoms with van der Waals surface area (Å²) in [6.07, 6.45) is 9.41. The number of carbonyl (C=O) groups is 4. The molecule has 3 aliphatic rings. The molecule has 4 rings (SSSR count). The third kappa shape index (κ3) is 11.6. The van der Waals surface area contributed by atoms with Crippen LogP contribution in [0.2, 0.25) is 0 Å². The van der Waals surface area contributed by atoms with Crippen molar-refractivity contribution in [3.63, 3.8) is 0 Å². The summed E-state index contributed by atoms with van der Waals surface area (Å²) in [4.78, 5) is 62.0. The van der Waals surface area contributed by atoms with Crippen molar-refractivity contribution in [2.24, 2.45) is 17.8 Å². The highest BCUT2D eigenvalue weighted by Crippen LogP contribution is 2.29. The molecule has 3 amide bonds. The average molecular weight is 663 g/mol. The first-order chi connectivity index (χ1) is 22.2. The molecule has 12 heteroatoms. The molecule has 2 saturated carbocycles. The van der Waals surface area contributed by atoms with Gasteiger partial charge in [-0.05, 0) is 44.9 Å². The molecule has 3 atom stereocenters. The first kappa shape index (κ1) is 36.3. The van der Waals surface area contributed by atoms with Crippen molar-refractivity contribution in [1.82, 2.24) is 20.1 Å². The van der Waals surface area contributed by atoms with Crippen molar-refractivity contribution in [1.29, 1.82) is 0 Å². The van der Waals surface area contributed by atoms with Gasteiger partial charge in [0.25, 0.3) is 0 Å². The van der Waals surface area contributed by atoms with Crippen LogP contribution in [0.3, 0.4) is 0 Å². The van der Waals surface area contributed by atoms with Crippen LogP contribution in [0.5, 0.6) is 0 Å². The summed E-state index contributed by atoms with van der Waals surface area (Å²) in [6, 6.07) is -0.837. The molecule has 1 aromatic heterocycles. The summed E-state index contributed by atoms with van der Waals surface area (Å²) in [7, 11) is 0. The Labute approximate surface area is 277 Å². The first-order valence-electron chi connectivity index (χ1n) is 17.4. The number of aromatic nitrogens is 1. The molecule has 2 N–H and O–H groups in total. The lowest BCUT2D eigenvalue weighted by Crippen LogP contribution is -2.52. The molecule has 0 bridgehead atoms. The van der Waals surface area contributed by atoms with Gasteiger partial charge in [-0.3, -0.25) is 14.4 Å². The Kier molecular flexibility index (Phi) is 14.7. The van der Waals surface area contributed by atoms with Gasteiger partial charge in [-0.1, -0.05) is 51.4 Å². The van der Waals surface area contributed by atoms with Gasteiger partial charge in [-0.15, -0.1) is 11.3 Å². The zero-order valence-electron chi connectivity index (χ0n) is 27.7. The second-order valence-corrected chi connectivity index (χ2v) is 14.4. The maximum absolute atomic E-state index is 14.1. The minimum absolute atomic E-state index is 0.0234. The van der Waals surface area contributed by atoms with E-state index >= 15 is 0 Å². The fourth-order valence-corrected chi connectivity index (χ4v) is 7.59. The van der Waals surface area contributed by atoms with Gasteiger partial charge >= 0.3 is 5.97 Å². The van der Waals surface area contributed by atoms with E-state index in [1.807, 2.05) is 5.38 Å². The van der Waals surface area contributed by atoms with E-state index in [2.05, 4.69) is 10.3 Å². The van der Waals surface area contributed by atoms with Gasteiger partial charge in [0.1, 0.15) is 0 Å². The van der Waals surface area contributed by atoms with Crippen LogP contribution in [-0.4, -0.2) is 101 Å². The van der Waals surface area contributed by atoms with E-state index in [1.54, 1.807) is 29.2 Å². The maximum atomic E-state index is 14.1. The molecule has 0 spiro atoms. The SMILES string of the molecule is CC(C)OC(=O)[C@@H](O)[C@H](CC1CCCCC1)NC(=O)[C@@H](CC(=O)N(CC(=O)N1CCOCC1)CC1CCCCC1)Cc1cscn1. The Morgan fingerprint density at radius 3 is 2.30 bits per heavy atom. The number of aliphatic hydroxyl groups is 1. The van der Waals surface area contributed by atoms with Gasteiger partial charge < -0.3 is 29.7 Å². The number of hydrogen-bond donors (Lipinski definition) is 2. The number of nitrogens with one attached hydrogen (secondary N) is 1. The van der Waals surface area contributed by atoms with Gasteiger partial charge in [0, 0.05) is 37.9 Å². The molecule has 2 aliphatic carbocycles. The van der Waals surface area contributed by atoms with Crippen molar-refractivity contribution < 1.29 is 33.8 Å². The predicted molar refractivity (Wildman–Crippen MR) is 175 cm³/mol. The molecule has 0 unspecified atom stereocenters. The van der Waals surface area contributed by atoms with Gasteiger partial charge in [0.2, 0.25) is 17.7 Å². The number of morpholine rings is 1. The number of aliphatic hydroxyl groups excluding tert-OH is 1. The Hall–Kier alpha value is -2.57. The topological polar surface area (TPSA) is 138 Å². The molecule has 258 valence electrons. The van der Waals surface area contributed by atoms with Crippen molar-refractivity contribution in [3.05, 3.63) is 16.6 Å². The van der Waals surface area contributed by atoms with Gasteiger partial charge in [-0.25, -0.2) is 9.78 Å². The Morgan fingerprint density at radius 1 is 1.04 bits per heavy atom. The van der Waals surface area contributed by atoms with Crippen LogP contribution < -0.4 is 5.32 Å². The van der Waals surface area contributed by atoms with Gasteiger partial charge in [0.15, 0.2) is 6.10 Å². The third-order valence-corrected chi connectivity index (χ3v) is 10.2. The second kappa shape index (κ2) is 18.7. The van der Waals surface area contributed by atoms with E-state index in [-0.39, 0.29) is 37.1 Å². The van der Waals surface area contributed by atoms with Crippen molar-refractivity contribution in [2.75, 3.05) is 39.4 Å². The molecule has 1 saturated heterocycles. The fraction of sp³-hybridized carbons (Fsp3) is 0.794. The molecule has 11 nitrogen and oxygen atoms in total. The highest BCUT2D eigenvalue weighted by atomic mass is 32.1. The van der Waals surface area contributed by atoms with E-state index in [1.165, 1.54) is 17.8 Å². The third-order valence-electron chi connectivity index (χ3n) is 9.59. The number of esters is 1. The van der Waals surface area contributed by atoms with Crippen LogP contribution in [0.15, 0.2) is 10.9 Å². The van der Waals surface area contributed by atoms with Crippen LogP contribution >= 0.6 is 11.3 Å². The maximum Gasteiger partial charge on any atom is 0.337 e. The number of thiazole rings is 1. The number of rotatable bonds is 15. The van der Waals surface area contributed by atoms with Crippen LogP contribution in [0.4, 0.5) is 0 Å². The lowest BCUT2D eigenvalue weighted by molar-refractivity contribution is -0.159. The van der Waals surface area contributed by atoms with E-state index in [9.17, 15) is 24.3 Å². The molecule has 1 aliphatic heterocycles. The van der Waals surface area contributed by atoms with Crippen LogP contribution in [0.25, 0.3) is 0 Å². The van der Waals surface area contributed by atoms with Crippen LogP contribution in [0, 0.1) is 17.8 Å². The molecule has 0 radical (unpaired) electrons. The molecule has 3 fully saturated rings. The molecular formula is C34H54N4O7S. The van der Waals surface area contributed by atoms with Crippen molar-refractivity contribution in [3.8, 4) is 0 Å². The molecular weight excluding hydrogens is 608 g/mol. The predicted octanol–water partition coefficient (Wildman–Crippen LogP) is 3.73. The number of hydrogen-bond acceptors (Lipinski definition) is 9. The highest BCUT2D eigenvalue weighted by Gasteiger charge is 2.36. The van der Waals surface area contributed by atoms with Gasteiger partial charge in [0.05, 0.1) is 49.0 Å². The Bertz CT molecular complexity index is 1100. The number of carbonyl (C=O) groups excluding carboxylic acids is 4. The summed E-state index contributed by atoms with van der Waals surface area (Å²) in [5, 5.41) is 15.9. The lowest BCUT2D eigenvalue weighted by Gasteiger charge is -2.34. The Balaban J connectivity index is 1.51. The van der Waals surface area contributed by atoms with E-state index in [4.69, 9.17) is 9.47 Å². The summed E-state index contributed by atoms with van der Waals surface area (Å²) < 4.78 is 10.7. The molecule has 2 heterocycles. The summed E-state index contributed by atoms with van der Waals surface area (Å²) in [6.45, 7) is 5.88. The minimum atomic E-state index is -1.52. The zero-order valence-corrected chi connectivity index (χ0v) is 28.5. The van der Waals surface area contributed by atoms with Crippen LogP contribution in [-0.2, 0) is 35.1 Å². The standard InChI is InChI=1S/C34H54N4O7S/c1-24(2)45-34(43)32(41)29(17-25-9-5-3-6-10-25)36-33(42)27(18-28-22-46-23-35-28)19-30(39)38(20-26-11-7-4-8-12-26)21-31(40)37-13-15-44-16-14-37/h22-27,29,32,41H,3-21H2,1-2H3,(H,36,42)/t27-,29+,32+/m1/s1. The van der Waals surface area contributed by atoms with Crippen molar-refractivity contribution in [2.45, 2.75) is 116 Å². The van der Waals surface area contributed by atoms with Gasteiger partial charge in [-0.2, -0.15) is 0 Å². The zero-order chi connectivity index (χ0) is 32.9. The number of ether oxygens (including phenoxy) is 2. The van der Waals surface area contributed by atoms with Crippen LogP contribution in [0.1, 0.15) is 96.6 Å². The monoisotopic (exact) mass is 662 g/mol. The molecule has 46 heavy (non-hydrogen) atoms. The van der Waals surface area contributed by atoms with E-state index < -0.39 is 36.0 Å². The number of nitrogens with zero attached hydrogens (tertiary/aromatic N) is 3. The van der Waals surface area contributed by atoms with Crippen molar-refractivity contribution >= 4 is 35.0 Å².